The highest BCUT2D eigenvalue weighted by molar-refractivity contribution is 5.17. The third-order valence-corrected chi connectivity index (χ3v) is 2.45. The minimum Gasteiger partial charge on any atom is -0.384 e. The molecule has 0 saturated heterocycles. The lowest BCUT2D eigenvalue weighted by Crippen LogP contribution is -2.20. The van der Waals surface area contributed by atoms with Crippen LogP contribution in [0, 0.1) is 0 Å². The minimum atomic E-state index is -0.856. The van der Waals surface area contributed by atoms with Crippen LogP contribution in [0.25, 0.3) is 0 Å². The van der Waals surface area contributed by atoms with Gasteiger partial charge in [0.15, 0.2) is 0 Å². The van der Waals surface area contributed by atoms with Crippen LogP contribution in [0.1, 0.15) is 38.1 Å². The standard InChI is InChI=1S/C9H15N3O/c1-9(2,13)8-7-5-3-4-6-12(7)11-10-8/h13H,3-6H2,1-2H3. The third-order valence-electron chi connectivity index (χ3n) is 2.45. The Morgan fingerprint density at radius 1 is 1.38 bits per heavy atom. The second-order valence-electron chi connectivity index (χ2n) is 4.12. The largest absolute Gasteiger partial charge is 0.384 e. The fourth-order valence-electron chi connectivity index (χ4n) is 1.79. The quantitative estimate of drug-likeness (QED) is 0.698. The lowest BCUT2D eigenvalue weighted by molar-refractivity contribution is 0.0725. The van der Waals surface area contributed by atoms with E-state index >= 15 is 0 Å². The Kier molecular flexibility index (Phi) is 1.87. The molecule has 1 aromatic rings. The number of hydrogen-bond donors (Lipinski definition) is 1. The van der Waals surface area contributed by atoms with Gasteiger partial charge in [-0.3, -0.25) is 0 Å². The molecule has 0 fully saturated rings. The molecule has 1 N–H and O–H groups in total. The molecule has 0 radical (unpaired) electrons. The number of hydrogen-bond acceptors (Lipinski definition) is 3. The van der Waals surface area contributed by atoms with Crippen molar-refractivity contribution >= 4 is 0 Å². The minimum absolute atomic E-state index is 0.743. The summed E-state index contributed by atoms with van der Waals surface area (Å²) in [7, 11) is 0. The molecule has 0 aromatic carbocycles. The molecular formula is C9H15N3O. The molecule has 0 saturated carbocycles. The predicted molar refractivity (Wildman–Crippen MR) is 48.2 cm³/mol. The van der Waals surface area contributed by atoms with Gasteiger partial charge < -0.3 is 5.11 Å². The van der Waals surface area contributed by atoms with Gasteiger partial charge in [-0.1, -0.05) is 5.21 Å². The van der Waals surface area contributed by atoms with Crippen molar-refractivity contribution < 1.29 is 5.11 Å². The van der Waals surface area contributed by atoms with Crippen LogP contribution in [0.15, 0.2) is 0 Å². The lowest BCUT2D eigenvalue weighted by Gasteiger charge is -2.18. The van der Waals surface area contributed by atoms with E-state index in [2.05, 4.69) is 10.3 Å². The van der Waals surface area contributed by atoms with Crippen LogP contribution in [0.5, 0.6) is 0 Å². The predicted octanol–water partition coefficient (Wildman–Crippen LogP) is 0.842. The van der Waals surface area contributed by atoms with Crippen LogP contribution < -0.4 is 0 Å². The molecular weight excluding hydrogens is 166 g/mol. The van der Waals surface area contributed by atoms with Gasteiger partial charge in [0, 0.05) is 6.54 Å². The van der Waals surface area contributed by atoms with Gasteiger partial charge in [-0.2, -0.15) is 0 Å². The van der Waals surface area contributed by atoms with Gasteiger partial charge >= 0.3 is 0 Å². The van der Waals surface area contributed by atoms with Crippen molar-refractivity contribution in [1.82, 2.24) is 15.0 Å². The zero-order chi connectivity index (χ0) is 9.47. The molecule has 2 heterocycles. The molecule has 1 aliphatic rings. The Labute approximate surface area is 77.6 Å². The van der Waals surface area contributed by atoms with Gasteiger partial charge in [-0.05, 0) is 33.1 Å². The normalized spacial score (nSPS) is 17.2. The summed E-state index contributed by atoms with van der Waals surface area (Å²) in [6.45, 7) is 4.46. The van der Waals surface area contributed by atoms with Crippen molar-refractivity contribution in [3.05, 3.63) is 11.4 Å². The average Bonchev–Trinajstić information content (AvgIpc) is 2.45. The van der Waals surface area contributed by atoms with Crippen molar-refractivity contribution in [2.75, 3.05) is 0 Å². The van der Waals surface area contributed by atoms with E-state index in [1.807, 2.05) is 4.68 Å². The van der Waals surface area contributed by atoms with Crippen LogP contribution in [-0.2, 0) is 18.6 Å². The van der Waals surface area contributed by atoms with Gasteiger partial charge in [0.05, 0.1) is 5.69 Å². The highest BCUT2D eigenvalue weighted by Crippen LogP contribution is 2.24. The number of aromatic nitrogens is 3. The number of aryl methyl sites for hydroxylation is 1. The van der Waals surface area contributed by atoms with E-state index in [1.54, 1.807) is 13.8 Å². The van der Waals surface area contributed by atoms with Crippen molar-refractivity contribution in [2.45, 2.75) is 45.3 Å². The van der Waals surface area contributed by atoms with Crippen molar-refractivity contribution in [3.8, 4) is 0 Å². The highest BCUT2D eigenvalue weighted by atomic mass is 16.3. The lowest BCUT2D eigenvalue weighted by atomic mass is 9.99. The number of nitrogens with zero attached hydrogens (tertiary/aromatic N) is 3. The number of rotatable bonds is 1. The Morgan fingerprint density at radius 2 is 2.15 bits per heavy atom. The molecule has 4 heteroatoms. The second-order valence-corrected chi connectivity index (χ2v) is 4.12. The molecule has 0 amide bonds. The molecule has 0 spiro atoms. The molecule has 0 atom stereocenters. The first-order valence-corrected chi connectivity index (χ1v) is 4.74. The molecule has 0 aliphatic carbocycles. The first kappa shape index (κ1) is 8.69. The van der Waals surface area contributed by atoms with Crippen molar-refractivity contribution in [3.63, 3.8) is 0 Å². The monoisotopic (exact) mass is 181 g/mol. The first-order chi connectivity index (χ1) is 6.09. The number of aliphatic hydroxyl groups is 1. The van der Waals surface area contributed by atoms with Gasteiger partial charge in [0.25, 0.3) is 0 Å². The SMILES string of the molecule is CC(C)(O)c1nnn2c1CCCC2. The fraction of sp³-hybridized carbons (Fsp3) is 0.778. The first-order valence-electron chi connectivity index (χ1n) is 4.74. The van der Waals surface area contributed by atoms with E-state index in [-0.39, 0.29) is 0 Å². The van der Waals surface area contributed by atoms with Crippen LogP contribution in [0.4, 0.5) is 0 Å². The Bertz CT molecular complexity index is 311. The highest BCUT2D eigenvalue weighted by Gasteiger charge is 2.27. The summed E-state index contributed by atoms with van der Waals surface area (Å²) in [6, 6.07) is 0. The summed E-state index contributed by atoms with van der Waals surface area (Å²) in [4.78, 5) is 0. The zero-order valence-electron chi connectivity index (χ0n) is 8.12. The van der Waals surface area contributed by atoms with Gasteiger partial charge in [-0.25, -0.2) is 4.68 Å². The zero-order valence-corrected chi connectivity index (χ0v) is 8.12. The molecule has 0 bridgehead atoms. The van der Waals surface area contributed by atoms with E-state index in [0.717, 1.165) is 24.4 Å². The molecule has 72 valence electrons. The van der Waals surface area contributed by atoms with E-state index < -0.39 is 5.60 Å². The summed E-state index contributed by atoms with van der Waals surface area (Å²) >= 11 is 0. The average molecular weight is 181 g/mol. The fourth-order valence-corrected chi connectivity index (χ4v) is 1.79. The van der Waals surface area contributed by atoms with E-state index in [1.165, 1.54) is 12.8 Å². The molecule has 0 unspecified atom stereocenters. The van der Waals surface area contributed by atoms with E-state index in [9.17, 15) is 5.11 Å². The second kappa shape index (κ2) is 2.80. The van der Waals surface area contributed by atoms with Crippen LogP contribution in [0.2, 0.25) is 0 Å². The maximum Gasteiger partial charge on any atom is 0.117 e. The summed E-state index contributed by atoms with van der Waals surface area (Å²) in [5.74, 6) is 0. The van der Waals surface area contributed by atoms with E-state index in [4.69, 9.17) is 0 Å². The summed E-state index contributed by atoms with van der Waals surface area (Å²) in [5, 5.41) is 17.9. The molecule has 2 rings (SSSR count). The maximum atomic E-state index is 9.82. The van der Waals surface area contributed by atoms with Crippen molar-refractivity contribution in [1.29, 1.82) is 0 Å². The molecule has 4 nitrogen and oxygen atoms in total. The topological polar surface area (TPSA) is 50.9 Å². The smallest absolute Gasteiger partial charge is 0.117 e. The van der Waals surface area contributed by atoms with E-state index in [0.29, 0.717) is 0 Å². The summed E-state index contributed by atoms with van der Waals surface area (Å²) < 4.78 is 1.91. The Hall–Kier alpha value is -0.900. The van der Waals surface area contributed by atoms with Gasteiger partial charge in [0.2, 0.25) is 0 Å². The van der Waals surface area contributed by atoms with Crippen LogP contribution in [0.3, 0.4) is 0 Å². The Morgan fingerprint density at radius 3 is 2.85 bits per heavy atom. The van der Waals surface area contributed by atoms with Gasteiger partial charge in [0.1, 0.15) is 11.3 Å². The van der Waals surface area contributed by atoms with Crippen molar-refractivity contribution in [2.24, 2.45) is 0 Å². The van der Waals surface area contributed by atoms with Gasteiger partial charge in [-0.15, -0.1) is 5.10 Å². The Balaban J connectivity index is 2.43. The molecule has 1 aromatic heterocycles. The summed E-state index contributed by atoms with van der Waals surface area (Å²) in [6.07, 6.45) is 3.34. The molecule has 1 aliphatic heterocycles. The van der Waals surface area contributed by atoms with Crippen LogP contribution >= 0.6 is 0 Å². The maximum absolute atomic E-state index is 9.82. The van der Waals surface area contributed by atoms with Crippen LogP contribution in [-0.4, -0.2) is 20.1 Å². The number of fused-ring (bicyclic) bond motifs is 1. The third kappa shape index (κ3) is 1.46. The molecule has 13 heavy (non-hydrogen) atoms. The summed E-state index contributed by atoms with van der Waals surface area (Å²) in [5.41, 5.74) is 0.997.